The molecule has 104 valence electrons. The largest absolute Gasteiger partial charge is 0.288 e. The lowest BCUT2D eigenvalue weighted by atomic mass is 9.95. The van der Waals surface area contributed by atoms with Crippen LogP contribution in [0.25, 0.3) is 10.9 Å². The van der Waals surface area contributed by atoms with Crippen molar-refractivity contribution in [1.29, 1.82) is 0 Å². The second-order valence-electron chi connectivity index (χ2n) is 5.29. The summed E-state index contributed by atoms with van der Waals surface area (Å²) in [5.41, 5.74) is 1.10. The number of amides is 1. The lowest BCUT2D eigenvalue weighted by Crippen LogP contribution is -2.46. The van der Waals surface area contributed by atoms with Crippen molar-refractivity contribution in [2.45, 2.75) is 38.1 Å². The van der Waals surface area contributed by atoms with Crippen LogP contribution >= 0.6 is 0 Å². The van der Waals surface area contributed by atoms with E-state index in [4.69, 9.17) is 5.84 Å². The summed E-state index contributed by atoms with van der Waals surface area (Å²) >= 11 is 0. The Hall–Kier alpha value is -2.01. The Kier molecular flexibility index (Phi) is 3.60. The zero-order valence-corrected chi connectivity index (χ0v) is 11.3. The number of nitrogens with two attached hydrogens (primary N) is 1. The third-order valence-corrected chi connectivity index (χ3v) is 3.92. The number of hydrazine groups is 1. The zero-order chi connectivity index (χ0) is 13.9. The summed E-state index contributed by atoms with van der Waals surface area (Å²) in [6.45, 7) is 0. The highest BCUT2D eigenvalue weighted by Crippen LogP contribution is 2.22. The van der Waals surface area contributed by atoms with Crippen LogP contribution in [0, 0.1) is 0 Å². The Labute approximate surface area is 117 Å². The highest BCUT2D eigenvalue weighted by Gasteiger charge is 2.24. The second kappa shape index (κ2) is 5.54. The molecule has 1 amide bonds. The summed E-state index contributed by atoms with van der Waals surface area (Å²) in [6.07, 6.45) is 5.45. The zero-order valence-electron chi connectivity index (χ0n) is 11.3. The first-order chi connectivity index (χ1) is 9.75. The highest BCUT2D eigenvalue weighted by molar-refractivity contribution is 5.95. The van der Waals surface area contributed by atoms with Gasteiger partial charge in [0.25, 0.3) is 5.91 Å². The van der Waals surface area contributed by atoms with Crippen LogP contribution in [0.4, 0.5) is 0 Å². The number of hydrogen-bond donors (Lipinski definition) is 1. The predicted molar refractivity (Wildman–Crippen MR) is 76.8 cm³/mol. The first-order valence-corrected chi connectivity index (χ1v) is 7.06. The van der Waals surface area contributed by atoms with Crippen molar-refractivity contribution in [1.82, 2.24) is 15.2 Å². The van der Waals surface area contributed by atoms with E-state index in [-0.39, 0.29) is 11.9 Å². The number of fused-ring (bicyclic) bond motifs is 1. The van der Waals surface area contributed by atoms with Crippen LogP contribution in [0.1, 0.15) is 42.6 Å². The van der Waals surface area contributed by atoms with Crippen molar-refractivity contribution in [3.8, 4) is 0 Å². The molecule has 1 aromatic carbocycles. The minimum Gasteiger partial charge on any atom is -0.272 e. The number of hydrogen-bond acceptors (Lipinski definition) is 4. The highest BCUT2D eigenvalue weighted by atomic mass is 16.2. The molecule has 1 aliphatic carbocycles. The van der Waals surface area contributed by atoms with Crippen molar-refractivity contribution >= 4 is 16.8 Å². The van der Waals surface area contributed by atoms with Crippen LogP contribution in [-0.2, 0) is 0 Å². The summed E-state index contributed by atoms with van der Waals surface area (Å²) in [4.78, 5) is 12.4. The van der Waals surface area contributed by atoms with Gasteiger partial charge in [0, 0.05) is 11.4 Å². The van der Waals surface area contributed by atoms with Crippen LogP contribution in [0.2, 0.25) is 0 Å². The molecule has 2 aromatic rings. The van der Waals surface area contributed by atoms with Crippen molar-refractivity contribution in [2.24, 2.45) is 5.84 Å². The summed E-state index contributed by atoms with van der Waals surface area (Å²) in [6, 6.07) is 9.49. The molecule has 5 heteroatoms. The quantitative estimate of drug-likeness (QED) is 0.516. The minimum absolute atomic E-state index is 0.129. The number of carbonyl (C=O) groups is 1. The van der Waals surface area contributed by atoms with E-state index in [1.165, 1.54) is 11.4 Å². The molecule has 3 rings (SSSR count). The molecule has 1 heterocycles. The average molecular weight is 270 g/mol. The molecular weight excluding hydrogens is 252 g/mol. The van der Waals surface area contributed by atoms with Gasteiger partial charge in [0.05, 0.1) is 5.52 Å². The van der Waals surface area contributed by atoms with Crippen molar-refractivity contribution < 1.29 is 4.79 Å². The Balaban J connectivity index is 1.83. The first-order valence-electron chi connectivity index (χ1n) is 7.06. The van der Waals surface area contributed by atoms with Crippen LogP contribution in [-0.4, -0.2) is 27.2 Å². The van der Waals surface area contributed by atoms with Gasteiger partial charge in [-0.15, -0.1) is 10.2 Å². The van der Waals surface area contributed by atoms with Gasteiger partial charge in [-0.2, -0.15) is 0 Å². The molecule has 0 saturated heterocycles. The van der Waals surface area contributed by atoms with Crippen LogP contribution < -0.4 is 5.84 Å². The number of carbonyl (C=O) groups excluding carboxylic acids is 1. The molecule has 5 nitrogen and oxygen atoms in total. The summed E-state index contributed by atoms with van der Waals surface area (Å²) in [5.74, 6) is 5.74. The number of benzene rings is 1. The van der Waals surface area contributed by atoms with Crippen LogP contribution in [0.15, 0.2) is 30.3 Å². The maximum Gasteiger partial charge on any atom is 0.288 e. The lowest BCUT2D eigenvalue weighted by molar-refractivity contribution is 0.0626. The molecule has 0 aliphatic heterocycles. The molecular formula is C15H18N4O. The maximum absolute atomic E-state index is 12.4. The van der Waals surface area contributed by atoms with Gasteiger partial charge in [-0.3, -0.25) is 9.80 Å². The van der Waals surface area contributed by atoms with Gasteiger partial charge in [-0.1, -0.05) is 37.5 Å². The average Bonchev–Trinajstić information content (AvgIpc) is 2.54. The molecule has 0 atom stereocenters. The van der Waals surface area contributed by atoms with E-state index in [0.717, 1.165) is 36.6 Å². The molecule has 0 bridgehead atoms. The summed E-state index contributed by atoms with van der Waals surface area (Å²) in [5, 5.41) is 10.3. The van der Waals surface area contributed by atoms with Crippen LogP contribution in [0.5, 0.6) is 0 Å². The lowest BCUT2D eigenvalue weighted by Gasteiger charge is -2.30. The molecule has 0 spiro atoms. The molecule has 1 aromatic heterocycles. The van der Waals surface area contributed by atoms with Gasteiger partial charge in [0.15, 0.2) is 5.69 Å². The molecule has 1 saturated carbocycles. The van der Waals surface area contributed by atoms with Gasteiger partial charge in [-0.05, 0) is 25.0 Å². The molecule has 20 heavy (non-hydrogen) atoms. The first kappa shape index (κ1) is 13.0. The van der Waals surface area contributed by atoms with Crippen LogP contribution in [0.3, 0.4) is 0 Å². The van der Waals surface area contributed by atoms with Crippen molar-refractivity contribution in [3.63, 3.8) is 0 Å². The minimum atomic E-state index is -0.241. The SMILES string of the molecule is NN(C(=O)c1cc2ccccc2nn1)C1CCCCC1. The standard InChI is InChI=1S/C15H18N4O/c16-19(12-7-2-1-3-8-12)15(20)14-10-11-6-4-5-9-13(11)17-18-14/h4-6,9-10,12H,1-3,7-8,16H2. The molecule has 0 radical (unpaired) electrons. The van der Waals surface area contributed by atoms with E-state index in [9.17, 15) is 4.79 Å². The third-order valence-electron chi connectivity index (χ3n) is 3.92. The number of nitrogens with zero attached hydrogens (tertiary/aromatic N) is 3. The number of rotatable bonds is 2. The third kappa shape index (κ3) is 2.49. The maximum atomic E-state index is 12.4. The fourth-order valence-corrected chi connectivity index (χ4v) is 2.75. The van der Waals surface area contributed by atoms with Gasteiger partial charge >= 0.3 is 0 Å². The van der Waals surface area contributed by atoms with E-state index >= 15 is 0 Å². The topological polar surface area (TPSA) is 72.1 Å². The van der Waals surface area contributed by atoms with Gasteiger partial charge in [0.2, 0.25) is 0 Å². The monoisotopic (exact) mass is 270 g/mol. The van der Waals surface area contributed by atoms with E-state index in [1.54, 1.807) is 6.07 Å². The Bertz CT molecular complexity index is 622. The Morgan fingerprint density at radius 1 is 1.15 bits per heavy atom. The van der Waals surface area contributed by atoms with Gasteiger partial charge < -0.3 is 0 Å². The Morgan fingerprint density at radius 2 is 1.90 bits per heavy atom. The molecule has 1 aliphatic rings. The molecule has 1 fully saturated rings. The van der Waals surface area contributed by atoms with E-state index in [1.807, 2.05) is 24.3 Å². The van der Waals surface area contributed by atoms with E-state index < -0.39 is 0 Å². The molecule has 2 N–H and O–H groups in total. The molecule has 0 unspecified atom stereocenters. The summed E-state index contributed by atoms with van der Waals surface area (Å²) in [7, 11) is 0. The normalized spacial score (nSPS) is 16.2. The Morgan fingerprint density at radius 3 is 2.70 bits per heavy atom. The van der Waals surface area contributed by atoms with E-state index in [2.05, 4.69) is 10.2 Å². The van der Waals surface area contributed by atoms with Gasteiger partial charge in [-0.25, -0.2) is 5.84 Å². The second-order valence-corrected chi connectivity index (χ2v) is 5.29. The van der Waals surface area contributed by atoms with Crippen molar-refractivity contribution in [3.05, 3.63) is 36.0 Å². The predicted octanol–water partition coefficient (Wildman–Crippen LogP) is 2.28. The number of aromatic nitrogens is 2. The fraction of sp³-hybridized carbons (Fsp3) is 0.400. The van der Waals surface area contributed by atoms with Gasteiger partial charge in [0.1, 0.15) is 0 Å². The fourth-order valence-electron chi connectivity index (χ4n) is 2.75. The smallest absolute Gasteiger partial charge is 0.272 e. The van der Waals surface area contributed by atoms with Crippen molar-refractivity contribution in [2.75, 3.05) is 0 Å². The van der Waals surface area contributed by atoms with E-state index in [0.29, 0.717) is 5.69 Å². The summed E-state index contributed by atoms with van der Waals surface area (Å²) < 4.78 is 0.